The van der Waals surface area contributed by atoms with Crippen LogP contribution in [0.5, 0.6) is 5.75 Å². The van der Waals surface area contributed by atoms with Gasteiger partial charge in [0.15, 0.2) is 5.70 Å². The number of hydrogen-bond donors (Lipinski definition) is 3. The van der Waals surface area contributed by atoms with E-state index in [1.54, 1.807) is 55.6 Å². The Labute approximate surface area is 144 Å². The Morgan fingerprint density at radius 2 is 1.76 bits per heavy atom. The van der Waals surface area contributed by atoms with E-state index in [1.807, 2.05) is 6.07 Å². The molecule has 3 rings (SSSR count). The fourth-order valence-corrected chi connectivity index (χ4v) is 2.39. The topological polar surface area (TPSA) is 98.6 Å². The van der Waals surface area contributed by atoms with E-state index in [4.69, 9.17) is 10.5 Å². The van der Waals surface area contributed by atoms with Crippen molar-refractivity contribution in [1.29, 1.82) is 0 Å². The van der Waals surface area contributed by atoms with E-state index < -0.39 is 11.8 Å². The number of carbonyl (C=O) groups is 2. The zero-order valence-electron chi connectivity index (χ0n) is 13.5. The number of ether oxygens (including phenoxy) is 1. The standard InChI is InChI=1S/C18H16N4O3/c1-25-14-9-7-12(8-10-14)20-18(19)21-15-11-16(23)22(17(15)24)13-5-3-2-4-6-13/h2-11H,1H3,(H3,19,20,21)/p+1. The lowest BCUT2D eigenvalue weighted by molar-refractivity contribution is -0.391. The first kappa shape index (κ1) is 16.3. The summed E-state index contributed by atoms with van der Waals surface area (Å²) in [5, 5.41) is 2.91. The summed E-state index contributed by atoms with van der Waals surface area (Å²) in [7, 11) is 1.58. The smallest absolute Gasteiger partial charge is 0.351 e. The summed E-state index contributed by atoms with van der Waals surface area (Å²) in [5.74, 6) is -0.0334. The number of para-hydroxylation sites is 1. The third kappa shape index (κ3) is 3.50. The predicted octanol–water partition coefficient (Wildman–Crippen LogP) is -0.0403. The molecule has 4 N–H and O–H groups in total. The number of amides is 2. The van der Waals surface area contributed by atoms with E-state index in [-0.39, 0.29) is 11.7 Å². The van der Waals surface area contributed by atoms with Crippen molar-refractivity contribution in [3.05, 3.63) is 66.4 Å². The Bertz CT molecular complexity index is 858. The largest absolute Gasteiger partial charge is 0.497 e. The molecular formula is C18H17N4O3+. The minimum absolute atomic E-state index is 0.104. The number of nitrogens with one attached hydrogen (secondary N) is 2. The number of rotatable bonds is 4. The molecule has 0 bridgehead atoms. The molecule has 2 aromatic carbocycles. The molecule has 0 atom stereocenters. The number of guanidine groups is 1. The van der Waals surface area contributed by atoms with Crippen molar-refractivity contribution in [2.45, 2.75) is 0 Å². The van der Waals surface area contributed by atoms with E-state index >= 15 is 0 Å². The average molecular weight is 337 g/mol. The van der Waals surface area contributed by atoms with Crippen LogP contribution in [-0.2, 0) is 9.59 Å². The normalized spacial score (nSPS) is 14.5. The van der Waals surface area contributed by atoms with Crippen molar-refractivity contribution >= 4 is 29.1 Å². The number of benzene rings is 2. The van der Waals surface area contributed by atoms with Gasteiger partial charge in [-0.1, -0.05) is 18.2 Å². The number of methoxy groups -OCH3 is 1. The summed E-state index contributed by atoms with van der Waals surface area (Å²) in [6, 6.07) is 15.8. The van der Waals surface area contributed by atoms with Crippen molar-refractivity contribution in [2.24, 2.45) is 5.73 Å². The lowest BCUT2D eigenvalue weighted by Gasteiger charge is -2.13. The fourth-order valence-electron chi connectivity index (χ4n) is 2.39. The highest BCUT2D eigenvalue weighted by Gasteiger charge is 2.33. The van der Waals surface area contributed by atoms with Crippen LogP contribution in [0.15, 0.2) is 66.4 Å². The van der Waals surface area contributed by atoms with E-state index in [1.165, 1.54) is 6.08 Å². The van der Waals surface area contributed by atoms with Gasteiger partial charge in [-0.15, -0.1) is 0 Å². The molecule has 0 aliphatic carbocycles. The minimum atomic E-state index is -0.462. The highest BCUT2D eigenvalue weighted by molar-refractivity contribution is 6.29. The summed E-state index contributed by atoms with van der Waals surface area (Å²) in [6.45, 7) is 0. The van der Waals surface area contributed by atoms with Gasteiger partial charge in [-0.05, 0) is 36.4 Å². The van der Waals surface area contributed by atoms with Gasteiger partial charge in [-0.2, -0.15) is 0 Å². The quantitative estimate of drug-likeness (QED) is 0.413. The Morgan fingerprint density at radius 1 is 1.08 bits per heavy atom. The number of carbonyl (C=O) groups excluding carboxylic acids is 2. The van der Waals surface area contributed by atoms with Gasteiger partial charge in [0.2, 0.25) is 0 Å². The van der Waals surface area contributed by atoms with Crippen LogP contribution >= 0.6 is 0 Å². The zero-order chi connectivity index (χ0) is 17.8. The van der Waals surface area contributed by atoms with Gasteiger partial charge in [-0.3, -0.25) is 15.3 Å². The van der Waals surface area contributed by atoms with Crippen LogP contribution in [0, 0.1) is 0 Å². The van der Waals surface area contributed by atoms with E-state index in [0.29, 0.717) is 11.4 Å². The van der Waals surface area contributed by atoms with Crippen LogP contribution in [0.25, 0.3) is 0 Å². The highest BCUT2D eigenvalue weighted by Crippen LogP contribution is 2.19. The van der Waals surface area contributed by atoms with Crippen molar-refractivity contribution in [2.75, 3.05) is 17.3 Å². The van der Waals surface area contributed by atoms with Crippen molar-refractivity contribution in [1.82, 2.24) is 0 Å². The van der Waals surface area contributed by atoms with Gasteiger partial charge in [0.05, 0.1) is 18.5 Å². The zero-order valence-corrected chi connectivity index (χ0v) is 13.5. The fraction of sp³-hybridized carbons (Fsp3) is 0.0556. The number of nitrogens with zero attached hydrogens (tertiary/aromatic N) is 1. The molecule has 0 radical (unpaired) electrons. The first-order chi connectivity index (χ1) is 12.1. The Kier molecular flexibility index (Phi) is 4.47. The van der Waals surface area contributed by atoms with Crippen LogP contribution in [0.3, 0.4) is 0 Å². The summed E-state index contributed by atoms with van der Waals surface area (Å²) in [5.41, 5.74) is 7.21. The molecule has 0 saturated carbocycles. The molecule has 0 aromatic heterocycles. The first-order valence-corrected chi connectivity index (χ1v) is 7.54. The second-order valence-electron chi connectivity index (χ2n) is 5.26. The van der Waals surface area contributed by atoms with Crippen LogP contribution in [0.1, 0.15) is 0 Å². The van der Waals surface area contributed by atoms with Crippen LogP contribution in [0.4, 0.5) is 11.4 Å². The molecule has 7 nitrogen and oxygen atoms in total. The van der Waals surface area contributed by atoms with Gasteiger partial charge in [0.1, 0.15) is 5.75 Å². The summed E-state index contributed by atoms with van der Waals surface area (Å²) < 4.78 is 5.08. The summed E-state index contributed by atoms with van der Waals surface area (Å²) in [4.78, 5) is 28.4. The van der Waals surface area contributed by atoms with Gasteiger partial charge >= 0.3 is 5.96 Å². The lowest BCUT2D eigenvalue weighted by Crippen LogP contribution is -2.77. The average Bonchev–Trinajstić information content (AvgIpc) is 2.89. The SMILES string of the molecule is COc1ccc(NC(N)=[NH+]C2=CC(=O)N(c3ccccc3)C2=O)cc1. The maximum absolute atomic E-state index is 12.4. The van der Waals surface area contributed by atoms with E-state index in [0.717, 1.165) is 10.6 Å². The third-order valence-corrected chi connectivity index (χ3v) is 3.57. The molecule has 126 valence electrons. The Hall–Kier alpha value is -3.61. The Balaban J connectivity index is 1.75. The maximum Gasteiger partial charge on any atom is 0.351 e. The lowest BCUT2D eigenvalue weighted by atomic mass is 10.3. The van der Waals surface area contributed by atoms with Gasteiger partial charge < -0.3 is 4.74 Å². The molecule has 0 unspecified atom stereocenters. The van der Waals surface area contributed by atoms with Crippen molar-refractivity contribution in [3.8, 4) is 5.75 Å². The van der Waals surface area contributed by atoms with Crippen LogP contribution < -0.4 is 25.7 Å². The highest BCUT2D eigenvalue weighted by atomic mass is 16.5. The Morgan fingerprint density at radius 3 is 2.40 bits per heavy atom. The molecule has 25 heavy (non-hydrogen) atoms. The predicted molar refractivity (Wildman–Crippen MR) is 93.8 cm³/mol. The molecule has 0 spiro atoms. The molecule has 1 heterocycles. The van der Waals surface area contributed by atoms with Crippen molar-refractivity contribution < 1.29 is 19.3 Å². The monoisotopic (exact) mass is 337 g/mol. The van der Waals surface area contributed by atoms with Gasteiger partial charge in [-0.25, -0.2) is 15.2 Å². The number of hydrogen-bond acceptors (Lipinski definition) is 3. The molecule has 1 aliphatic heterocycles. The molecule has 0 saturated heterocycles. The van der Waals surface area contributed by atoms with Crippen LogP contribution in [-0.4, -0.2) is 24.9 Å². The van der Waals surface area contributed by atoms with Crippen LogP contribution in [0.2, 0.25) is 0 Å². The molecular weight excluding hydrogens is 320 g/mol. The number of nitrogens with two attached hydrogens (primary N) is 1. The molecule has 1 aliphatic rings. The number of anilines is 2. The molecule has 2 aromatic rings. The van der Waals surface area contributed by atoms with Gasteiger partial charge in [0, 0.05) is 6.08 Å². The summed E-state index contributed by atoms with van der Waals surface area (Å²) in [6.07, 6.45) is 1.22. The molecule has 2 amide bonds. The van der Waals surface area contributed by atoms with Crippen molar-refractivity contribution in [3.63, 3.8) is 0 Å². The minimum Gasteiger partial charge on any atom is -0.497 e. The van der Waals surface area contributed by atoms with Gasteiger partial charge in [0.25, 0.3) is 11.8 Å². The second-order valence-corrected chi connectivity index (χ2v) is 5.26. The van der Waals surface area contributed by atoms with E-state index in [2.05, 4.69) is 10.3 Å². The summed E-state index contributed by atoms with van der Waals surface area (Å²) >= 11 is 0. The third-order valence-electron chi connectivity index (χ3n) is 3.57. The molecule has 7 heteroatoms. The first-order valence-electron chi connectivity index (χ1n) is 7.54. The van der Waals surface area contributed by atoms with E-state index in [9.17, 15) is 9.59 Å². The molecule has 0 fully saturated rings. The maximum atomic E-state index is 12.4. The number of imide groups is 1. The second kappa shape index (κ2) is 6.88.